The van der Waals surface area contributed by atoms with Gasteiger partial charge in [-0.15, -0.1) is 0 Å². The standard InChI is InChI=1S/C22H21NO2.C22H27NO.C21H25ClN2O.C21H25NO2.C20H25NO/c1-16(2)18-7-6-8-19(15-18)23-22(24)17-11-13-21(14-12-17)25-20-9-4-3-5-10-20;1-17(2)20-9-6-10-21(16-20)22(24)23-13-11-19(12-14-23)15-18-7-4-3-5-8-18;1-16(2)18-4-3-5-19(14-18)21(25)24-12-10-23(11-13-24)15-17-6-8-20(22)9-7-17;1-16(2)17-12-14-22(15-13-17)21(23)18-8-10-20(11-9-18)24-19-6-4-3-5-7-19;1-16(2)18-12-7-13-19(15-18)20(22)21(3)14-8-11-17-9-5-4-6-10-17/h3-16H,1-2H3,(H,23,24);3-10,16-17,19H,11-15H2,1-2H3;3-9,14,16H,10-13,15H2,1-2H3;3-11,16-17H,12-15H2,1-2H3;4-7,9-10,12-13,15-16H,8,11,14H2,1-3H3. The van der Waals surface area contributed by atoms with Crippen LogP contribution in [0.15, 0.2) is 291 Å². The molecule has 0 radical (unpaired) electrons. The Kier molecular flexibility index (Phi) is 35.5. The fourth-order valence-corrected chi connectivity index (χ4v) is 15.0. The summed E-state index contributed by atoms with van der Waals surface area (Å²) in [5.41, 5.74) is 13.4. The first-order valence-electron chi connectivity index (χ1n) is 43.0. The van der Waals surface area contributed by atoms with Crippen LogP contribution < -0.4 is 14.8 Å². The fourth-order valence-electron chi connectivity index (χ4n) is 14.9. The predicted molar refractivity (Wildman–Crippen MR) is 493 cm³/mol. The highest BCUT2D eigenvalue weighted by Gasteiger charge is 2.28. The van der Waals surface area contributed by atoms with Crippen molar-refractivity contribution in [2.24, 2.45) is 17.8 Å². The van der Waals surface area contributed by atoms with Crippen LogP contribution in [-0.4, -0.2) is 120 Å². The Morgan fingerprint density at radius 1 is 0.383 bits per heavy atom. The van der Waals surface area contributed by atoms with Crippen molar-refractivity contribution >= 4 is 46.8 Å². The van der Waals surface area contributed by atoms with Gasteiger partial charge in [0.05, 0.1) is 0 Å². The number of likely N-dealkylation sites (tertiary alicyclic amines) is 2. The maximum atomic E-state index is 12.8. The van der Waals surface area contributed by atoms with E-state index in [4.69, 9.17) is 21.1 Å². The number of nitrogens with zero attached hydrogens (tertiary/aromatic N) is 5. The van der Waals surface area contributed by atoms with E-state index in [1.165, 1.54) is 38.9 Å². The van der Waals surface area contributed by atoms with E-state index in [0.717, 1.165) is 167 Å². The monoisotopic (exact) mass is 1630 g/mol. The highest BCUT2D eigenvalue weighted by molar-refractivity contribution is 6.30. The zero-order chi connectivity index (χ0) is 85.3. The highest BCUT2D eigenvalue weighted by Crippen LogP contribution is 2.30. The zero-order valence-electron chi connectivity index (χ0n) is 72.2. The number of amides is 5. The van der Waals surface area contributed by atoms with Crippen molar-refractivity contribution in [3.05, 3.63) is 363 Å². The largest absolute Gasteiger partial charge is 0.457 e. The maximum Gasteiger partial charge on any atom is 0.255 e. The summed E-state index contributed by atoms with van der Waals surface area (Å²) < 4.78 is 11.5. The van der Waals surface area contributed by atoms with Crippen LogP contribution in [0.2, 0.25) is 5.02 Å². The van der Waals surface area contributed by atoms with Gasteiger partial charge in [-0.2, -0.15) is 0 Å². The van der Waals surface area contributed by atoms with Gasteiger partial charge in [-0.3, -0.25) is 28.9 Å². The minimum Gasteiger partial charge on any atom is -0.457 e. The summed E-state index contributed by atoms with van der Waals surface area (Å²) in [6.07, 6.45) is 7.54. The number of carbonyl (C=O) groups is 5. The Morgan fingerprint density at radius 3 is 1.24 bits per heavy atom. The zero-order valence-corrected chi connectivity index (χ0v) is 73.0. The van der Waals surface area contributed by atoms with Crippen molar-refractivity contribution in [2.75, 3.05) is 71.3 Å². The number of hydrogen-bond donors (Lipinski definition) is 1. The SMILES string of the molecule is CC(C)C1CCN(C(=O)c2ccc(Oc3ccccc3)cc2)CC1.CC(C)c1cccc(C(=O)N(C)CCCc2ccccc2)c1.CC(C)c1cccc(C(=O)N2CCC(Cc3ccccc3)CC2)c1.CC(C)c1cccc(C(=O)N2CCN(Cc3ccc(Cl)cc3)CC2)c1.CC(C)c1cccc(NC(=O)c2ccc(Oc3ccccc3)cc2)c1. The van der Waals surface area contributed by atoms with Gasteiger partial charge in [0.25, 0.3) is 29.5 Å². The quantitative estimate of drug-likeness (QED) is 0.0670. The van der Waals surface area contributed by atoms with Gasteiger partial charge in [-0.1, -0.05) is 239 Å². The molecular formula is C106H123ClN6O7. The molecule has 3 saturated heterocycles. The minimum absolute atomic E-state index is 0.107. The van der Waals surface area contributed by atoms with Crippen LogP contribution in [0.3, 0.4) is 0 Å². The second-order valence-corrected chi connectivity index (χ2v) is 33.7. The van der Waals surface area contributed by atoms with E-state index in [2.05, 4.69) is 177 Å². The van der Waals surface area contributed by atoms with Crippen LogP contribution >= 0.6 is 11.6 Å². The first kappa shape index (κ1) is 90.9. The van der Waals surface area contributed by atoms with Gasteiger partial charge >= 0.3 is 0 Å². The number of hydrogen-bond acceptors (Lipinski definition) is 8. The number of anilines is 1. The van der Waals surface area contributed by atoms with Gasteiger partial charge in [0.15, 0.2) is 0 Å². The number of ether oxygens (including phenoxy) is 2. The first-order valence-corrected chi connectivity index (χ1v) is 43.4. The molecular weight excluding hydrogens is 1500 g/mol. The molecule has 3 fully saturated rings. The van der Waals surface area contributed by atoms with Crippen molar-refractivity contribution in [3.63, 3.8) is 0 Å². The van der Waals surface area contributed by atoms with E-state index >= 15 is 0 Å². The molecule has 13 nitrogen and oxygen atoms in total. The molecule has 14 rings (SSSR count). The number of aryl methyl sites for hydroxylation is 1. The Balaban J connectivity index is 0.000000158. The number of para-hydroxylation sites is 2. The summed E-state index contributed by atoms with van der Waals surface area (Å²) in [5, 5.41) is 3.71. The lowest BCUT2D eigenvalue weighted by Crippen LogP contribution is -2.48. The van der Waals surface area contributed by atoms with Crippen molar-refractivity contribution in [1.29, 1.82) is 0 Å². The Bertz CT molecular complexity index is 4940. The van der Waals surface area contributed by atoms with Gasteiger partial charge in [-0.25, -0.2) is 0 Å². The lowest BCUT2D eigenvalue weighted by Gasteiger charge is -2.35. The average Bonchev–Trinajstić information content (AvgIpc) is 0.847. The fraction of sp³-hybridized carbons (Fsp3) is 0.330. The molecule has 5 amide bonds. The molecule has 1 N–H and O–H groups in total. The van der Waals surface area contributed by atoms with E-state index in [9.17, 15) is 24.0 Å². The summed E-state index contributed by atoms with van der Waals surface area (Å²) in [5.74, 6) is 7.35. The van der Waals surface area contributed by atoms with Crippen molar-refractivity contribution in [2.45, 2.75) is 144 Å². The van der Waals surface area contributed by atoms with Crippen LogP contribution in [0.1, 0.15) is 216 Å². The second-order valence-electron chi connectivity index (χ2n) is 33.3. The van der Waals surface area contributed by atoms with E-state index in [0.29, 0.717) is 46.8 Å². The van der Waals surface area contributed by atoms with Crippen LogP contribution in [-0.2, 0) is 19.4 Å². The Labute approximate surface area is 719 Å². The van der Waals surface area contributed by atoms with Crippen LogP contribution in [0, 0.1) is 17.8 Å². The molecule has 0 aromatic heterocycles. The molecule has 0 saturated carbocycles. The first-order chi connectivity index (χ1) is 58.0. The van der Waals surface area contributed by atoms with Gasteiger partial charge < -0.3 is 34.4 Å². The maximum absolute atomic E-state index is 12.8. The lowest BCUT2D eigenvalue weighted by molar-refractivity contribution is 0.0626. The van der Waals surface area contributed by atoms with Gasteiger partial charge in [0.2, 0.25) is 0 Å². The van der Waals surface area contributed by atoms with Crippen molar-refractivity contribution < 1.29 is 33.4 Å². The van der Waals surface area contributed by atoms with E-state index in [-0.39, 0.29) is 29.5 Å². The highest BCUT2D eigenvalue weighted by atomic mass is 35.5. The number of carbonyl (C=O) groups excluding carboxylic acids is 5. The summed E-state index contributed by atoms with van der Waals surface area (Å²) in [7, 11) is 1.88. The average molecular weight is 1630 g/mol. The molecule has 11 aromatic carbocycles. The third kappa shape index (κ3) is 29.0. The summed E-state index contributed by atoms with van der Waals surface area (Å²) in [4.78, 5) is 73.3. The summed E-state index contributed by atoms with van der Waals surface area (Å²) >= 11 is 5.94. The number of halogens is 1. The van der Waals surface area contributed by atoms with Crippen LogP contribution in [0.25, 0.3) is 0 Å². The summed E-state index contributed by atoms with van der Waals surface area (Å²) in [6.45, 7) is 30.3. The molecule has 11 aromatic rings. The number of nitrogens with one attached hydrogen (secondary N) is 1. The molecule has 0 bridgehead atoms. The molecule has 3 aliphatic heterocycles. The Morgan fingerprint density at radius 2 is 0.775 bits per heavy atom. The van der Waals surface area contributed by atoms with E-state index in [1.54, 1.807) is 24.3 Å². The topological polar surface area (TPSA) is 132 Å². The van der Waals surface area contributed by atoms with E-state index < -0.39 is 0 Å². The van der Waals surface area contributed by atoms with Crippen molar-refractivity contribution in [1.82, 2.24) is 24.5 Å². The number of piperidine rings is 2. The summed E-state index contributed by atoms with van der Waals surface area (Å²) in [6, 6.07) is 94.9. The molecule has 0 spiro atoms. The number of rotatable bonds is 23. The molecule has 120 heavy (non-hydrogen) atoms. The minimum atomic E-state index is -0.132. The lowest BCUT2D eigenvalue weighted by atomic mass is 9.86. The normalized spacial score (nSPS) is 13.7. The third-order valence-corrected chi connectivity index (χ3v) is 22.8. The molecule has 14 heteroatoms. The van der Waals surface area contributed by atoms with Gasteiger partial charge in [0, 0.05) is 111 Å². The second kappa shape index (κ2) is 46.8. The molecule has 0 unspecified atom stereocenters. The molecule has 0 aliphatic carbocycles. The molecule has 626 valence electrons. The predicted octanol–water partition coefficient (Wildman–Crippen LogP) is 24.7. The van der Waals surface area contributed by atoms with Crippen LogP contribution in [0.4, 0.5) is 5.69 Å². The smallest absolute Gasteiger partial charge is 0.255 e. The molecule has 3 heterocycles. The molecule has 3 aliphatic rings. The molecule has 0 atom stereocenters. The Hall–Kier alpha value is -11.4. The van der Waals surface area contributed by atoms with Crippen molar-refractivity contribution in [3.8, 4) is 23.0 Å². The van der Waals surface area contributed by atoms with E-state index in [1.807, 2.05) is 197 Å². The number of piperazine rings is 1. The van der Waals surface area contributed by atoms with Crippen LogP contribution in [0.5, 0.6) is 23.0 Å². The number of benzene rings is 11. The van der Waals surface area contributed by atoms with Gasteiger partial charge in [-0.05, 0) is 259 Å². The third-order valence-electron chi connectivity index (χ3n) is 22.6. The van der Waals surface area contributed by atoms with Gasteiger partial charge in [0.1, 0.15) is 23.0 Å².